The number of carboxylic acids is 1. The third kappa shape index (κ3) is 3.89. The van der Waals surface area contributed by atoms with Gasteiger partial charge in [-0.2, -0.15) is 0 Å². The molecular weight excluding hydrogens is 383 g/mol. The Morgan fingerprint density at radius 2 is 2.14 bits per heavy atom. The second kappa shape index (κ2) is 7.72. The van der Waals surface area contributed by atoms with E-state index in [1.54, 1.807) is 17.0 Å². The molecule has 2 aliphatic heterocycles. The van der Waals surface area contributed by atoms with Crippen molar-refractivity contribution in [1.29, 1.82) is 0 Å². The average molecular weight is 402 g/mol. The number of aliphatic hydroxyl groups excluding tert-OH is 1. The topological polar surface area (TPSA) is 147 Å². The van der Waals surface area contributed by atoms with Crippen molar-refractivity contribution in [2.75, 3.05) is 13.1 Å². The minimum Gasteiger partial charge on any atom is -0.535 e. The SMILES string of the molecule is O=C(O)c1c(OC2CN(C(=O)Cn3cc(CO)nn3)C2)ccc2c1OB(O)CC2. The molecule has 152 valence electrons. The number of hydrogen-bond donors (Lipinski definition) is 3. The summed E-state index contributed by atoms with van der Waals surface area (Å²) < 4.78 is 12.5. The van der Waals surface area contributed by atoms with Crippen molar-refractivity contribution in [2.24, 2.45) is 0 Å². The number of carbonyl (C=O) groups is 2. The fourth-order valence-electron chi connectivity index (χ4n) is 3.34. The fraction of sp³-hybridized carbons (Fsp3) is 0.412. The maximum absolute atomic E-state index is 12.3. The molecule has 0 radical (unpaired) electrons. The second-order valence-corrected chi connectivity index (χ2v) is 6.95. The van der Waals surface area contributed by atoms with Gasteiger partial charge in [-0.05, 0) is 24.4 Å². The lowest BCUT2D eigenvalue weighted by molar-refractivity contribution is -0.140. The lowest BCUT2D eigenvalue weighted by Gasteiger charge is -2.39. The molecule has 1 fully saturated rings. The molecule has 0 bridgehead atoms. The van der Waals surface area contributed by atoms with Crippen molar-refractivity contribution >= 4 is 19.0 Å². The van der Waals surface area contributed by atoms with Crippen LogP contribution >= 0.6 is 0 Å². The van der Waals surface area contributed by atoms with Crippen LogP contribution in [0.2, 0.25) is 6.32 Å². The highest BCUT2D eigenvalue weighted by Crippen LogP contribution is 2.37. The maximum Gasteiger partial charge on any atom is 0.522 e. The highest BCUT2D eigenvalue weighted by Gasteiger charge is 2.35. The van der Waals surface area contributed by atoms with E-state index in [1.165, 1.54) is 10.9 Å². The van der Waals surface area contributed by atoms with E-state index in [1.807, 2.05) is 0 Å². The second-order valence-electron chi connectivity index (χ2n) is 6.95. The van der Waals surface area contributed by atoms with Crippen LogP contribution in [0.15, 0.2) is 18.3 Å². The summed E-state index contributed by atoms with van der Waals surface area (Å²) in [6, 6.07) is 3.31. The lowest BCUT2D eigenvalue weighted by atomic mass is 9.78. The van der Waals surface area contributed by atoms with Crippen LogP contribution < -0.4 is 9.39 Å². The first-order chi connectivity index (χ1) is 13.9. The number of benzene rings is 1. The summed E-state index contributed by atoms with van der Waals surface area (Å²) >= 11 is 0. The van der Waals surface area contributed by atoms with Gasteiger partial charge in [0.25, 0.3) is 0 Å². The van der Waals surface area contributed by atoms with Crippen molar-refractivity contribution in [3.05, 3.63) is 35.2 Å². The molecule has 29 heavy (non-hydrogen) atoms. The summed E-state index contributed by atoms with van der Waals surface area (Å²) in [5.74, 6) is -1.11. The molecule has 1 saturated heterocycles. The number of likely N-dealkylation sites (tertiary alicyclic amines) is 1. The zero-order chi connectivity index (χ0) is 20.5. The Labute approximate surface area is 165 Å². The first-order valence-electron chi connectivity index (χ1n) is 9.12. The van der Waals surface area contributed by atoms with Crippen molar-refractivity contribution in [3.63, 3.8) is 0 Å². The zero-order valence-electron chi connectivity index (χ0n) is 15.4. The number of rotatable bonds is 6. The molecule has 2 aromatic rings. The lowest BCUT2D eigenvalue weighted by Crippen LogP contribution is -2.57. The number of nitrogens with zero attached hydrogens (tertiary/aromatic N) is 4. The molecule has 3 N–H and O–H groups in total. The van der Waals surface area contributed by atoms with E-state index in [-0.39, 0.29) is 42.2 Å². The molecule has 12 heteroatoms. The summed E-state index contributed by atoms with van der Waals surface area (Å²) in [6.07, 6.45) is 2.06. The summed E-state index contributed by atoms with van der Waals surface area (Å²) in [5, 5.41) is 35.8. The minimum absolute atomic E-state index is 0.00926. The summed E-state index contributed by atoms with van der Waals surface area (Å²) in [4.78, 5) is 25.6. The van der Waals surface area contributed by atoms with Crippen molar-refractivity contribution in [1.82, 2.24) is 19.9 Å². The first-order valence-corrected chi connectivity index (χ1v) is 9.12. The number of aromatic nitrogens is 3. The number of fused-ring (bicyclic) bond motifs is 1. The van der Waals surface area contributed by atoms with Gasteiger partial charge in [-0.3, -0.25) is 4.79 Å². The third-order valence-electron chi connectivity index (χ3n) is 4.87. The quantitative estimate of drug-likeness (QED) is 0.527. The molecule has 0 aliphatic carbocycles. The summed E-state index contributed by atoms with van der Waals surface area (Å²) in [6.45, 7) is 0.353. The van der Waals surface area contributed by atoms with Gasteiger partial charge in [-0.25, -0.2) is 9.48 Å². The number of amides is 1. The van der Waals surface area contributed by atoms with Gasteiger partial charge in [0.1, 0.15) is 35.4 Å². The van der Waals surface area contributed by atoms with Crippen molar-refractivity contribution in [3.8, 4) is 11.5 Å². The minimum atomic E-state index is -1.20. The molecule has 3 heterocycles. The van der Waals surface area contributed by atoms with Crippen LogP contribution in [-0.2, 0) is 24.4 Å². The molecular formula is C17H19BN4O7. The van der Waals surface area contributed by atoms with Crippen LogP contribution in [0.25, 0.3) is 0 Å². The Hall–Kier alpha value is -3.12. The van der Waals surface area contributed by atoms with Crippen LogP contribution in [-0.4, -0.2) is 73.3 Å². The number of carboxylic acid groups (broad SMARTS) is 1. The van der Waals surface area contributed by atoms with Crippen LogP contribution in [0, 0.1) is 0 Å². The highest BCUT2D eigenvalue weighted by molar-refractivity contribution is 6.44. The van der Waals surface area contributed by atoms with Gasteiger partial charge in [0.15, 0.2) is 0 Å². The van der Waals surface area contributed by atoms with Crippen LogP contribution in [0.3, 0.4) is 0 Å². The van der Waals surface area contributed by atoms with Gasteiger partial charge in [-0.15, -0.1) is 5.10 Å². The first kappa shape index (κ1) is 19.2. The molecule has 0 saturated carbocycles. The number of ether oxygens (including phenoxy) is 1. The van der Waals surface area contributed by atoms with Crippen molar-refractivity contribution < 1.29 is 34.2 Å². The van der Waals surface area contributed by atoms with E-state index in [2.05, 4.69) is 10.3 Å². The Morgan fingerprint density at radius 1 is 1.34 bits per heavy atom. The molecule has 11 nitrogen and oxygen atoms in total. The van der Waals surface area contributed by atoms with Crippen LogP contribution in [0.1, 0.15) is 21.6 Å². The van der Waals surface area contributed by atoms with Gasteiger partial charge in [0.05, 0.1) is 25.9 Å². The number of hydrogen-bond acceptors (Lipinski definition) is 8. The van der Waals surface area contributed by atoms with Gasteiger partial charge in [0.2, 0.25) is 5.91 Å². The molecule has 0 atom stereocenters. The highest BCUT2D eigenvalue weighted by atomic mass is 16.5. The molecule has 2 aliphatic rings. The predicted molar refractivity (Wildman–Crippen MR) is 97.5 cm³/mol. The smallest absolute Gasteiger partial charge is 0.522 e. The van der Waals surface area contributed by atoms with E-state index in [0.717, 1.165) is 0 Å². The normalized spacial score (nSPS) is 16.1. The number of aliphatic hydroxyl groups is 1. The number of aromatic carboxylic acids is 1. The average Bonchev–Trinajstić information content (AvgIpc) is 3.10. The van der Waals surface area contributed by atoms with Gasteiger partial charge >= 0.3 is 13.1 Å². The Kier molecular flexibility index (Phi) is 5.11. The zero-order valence-corrected chi connectivity index (χ0v) is 15.4. The summed E-state index contributed by atoms with van der Waals surface area (Å²) in [5.41, 5.74) is 0.967. The van der Waals surface area contributed by atoms with Crippen LogP contribution in [0.5, 0.6) is 11.5 Å². The van der Waals surface area contributed by atoms with E-state index >= 15 is 0 Å². The van der Waals surface area contributed by atoms with Gasteiger partial charge in [0, 0.05) is 0 Å². The predicted octanol–water partition coefficient (Wildman–Crippen LogP) is -0.826. The Bertz CT molecular complexity index is 944. The monoisotopic (exact) mass is 402 g/mol. The van der Waals surface area contributed by atoms with E-state index in [0.29, 0.717) is 37.1 Å². The molecule has 1 aromatic heterocycles. The molecule has 4 rings (SSSR count). The Balaban J connectivity index is 1.39. The summed E-state index contributed by atoms with van der Waals surface area (Å²) in [7, 11) is -1.05. The fourth-order valence-corrected chi connectivity index (χ4v) is 3.34. The van der Waals surface area contributed by atoms with Gasteiger partial charge in [-0.1, -0.05) is 11.3 Å². The maximum atomic E-state index is 12.3. The van der Waals surface area contributed by atoms with Crippen LogP contribution in [0.4, 0.5) is 0 Å². The molecule has 1 amide bonds. The largest absolute Gasteiger partial charge is 0.535 e. The van der Waals surface area contributed by atoms with Crippen molar-refractivity contribution in [2.45, 2.75) is 32.0 Å². The molecule has 0 spiro atoms. The molecule has 1 aromatic carbocycles. The standard InChI is InChI=1S/C17H19BN4O7/c23-9-11-5-22(20-19-11)8-14(24)21-6-12(7-21)28-13-2-1-10-3-4-18(27)29-16(10)15(13)17(25)26/h1-2,5,12,23,27H,3-4,6-9H2,(H,25,26). The molecule has 0 unspecified atom stereocenters. The number of carbonyl (C=O) groups excluding carboxylic acids is 1. The van der Waals surface area contributed by atoms with E-state index < -0.39 is 13.1 Å². The Morgan fingerprint density at radius 3 is 2.83 bits per heavy atom. The van der Waals surface area contributed by atoms with Gasteiger partial charge < -0.3 is 29.5 Å². The number of aryl methyl sites for hydroxylation is 1. The van der Waals surface area contributed by atoms with E-state index in [9.17, 15) is 19.7 Å². The van der Waals surface area contributed by atoms with E-state index in [4.69, 9.17) is 14.5 Å². The third-order valence-corrected chi connectivity index (χ3v) is 4.87.